The first-order valence-electron chi connectivity index (χ1n) is 10.3. The van der Waals surface area contributed by atoms with Gasteiger partial charge in [0.05, 0.1) is 13.1 Å². The van der Waals surface area contributed by atoms with Crippen LogP contribution in [0.3, 0.4) is 0 Å². The Bertz CT molecular complexity index is 530. The highest BCUT2D eigenvalue weighted by Gasteiger charge is 2.25. The van der Waals surface area contributed by atoms with Crippen molar-refractivity contribution in [2.24, 2.45) is 5.92 Å². The van der Waals surface area contributed by atoms with E-state index in [4.69, 9.17) is 0 Å². The Labute approximate surface area is 157 Å². The quantitative estimate of drug-likeness (QED) is 0.807. The lowest BCUT2D eigenvalue weighted by Gasteiger charge is -2.36. The van der Waals surface area contributed by atoms with E-state index in [0.717, 1.165) is 57.8 Å². The third kappa shape index (κ3) is 5.81. The standard InChI is InChI=1S/C20H35N5O/c1-17-4-6-18(7-5-17)22-20(26)16-23(2)19-8-12-24(13-9-19)14-15-25-11-3-10-21-25/h3,10-11,17-19H,4-9,12-16H2,1-2H3,(H,22,26). The van der Waals surface area contributed by atoms with Crippen molar-refractivity contribution in [1.82, 2.24) is 24.9 Å². The Morgan fingerprint density at radius 1 is 1.15 bits per heavy atom. The summed E-state index contributed by atoms with van der Waals surface area (Å²) >= 11 is 0. The fourth-order valence-electron chi connectivity index (χ4n) is 4.29. The number of amides is 1. The minimum atomic E-state index is 0.202. The van der Waals surface area contributed by atoms with Gasteiger partial charge in [-0.2, -0.15) is 5.10 Å². The molecule has 3 rings (SSSR count). The van der Waals surface area contributed by atoms with Gasteiger partial charge in [-0.15, -0.1) is 0 Å². The fourth-order valence-corrected chi connectivity index (χ4v) is 4.29. The van der Waals surface area contributed by atoms with Crippen molar-refractivity contribution in [2.45, 2.75) is 64.1 Å². The van der Waals surface area contributed by atoms with E-state index < -0.39 is 0 Å². The first-order chi connectivity index (χ1) is 12.6. The number of likely N-dealkylation sites (tertiary alicyclic amines) is 1. The van der Waals surface area contributed by atoms with Crippen molar-refractivity contribution in [1.29, 1.82) is 0 Å². The molecule has 0 aromatic carbocycles. The zero-order valence-electron chi connectivity index (χ0n) is 16.4. The number of carbonyl (C=O) groups is 1. The Morgan fingerprint density at radius 3 is 2.54 bits per heavy atom. The summed E-state index contributed by atoms with van der Waals surface area (Å²) < 4.78 is 1.99. The molecule has 6 heteroatoms. The van der Waals surface area contributed by atoms with Crippen LogP contribution < -0.4 is 5.32 Å². The average Bonchev–Trinajstić information content (AvgIpc) is 3.16. The van der Waals surface area contributed by atoms with Gasteiger partial charge in [0, 0.05) is 31.0 Å². The molecule has 2 fully saturated rings. The molecule has 0 atom stereocenters. The van der Waals surface area contributed by atoms with E-state index in [1.54, 1.807) is 0 Å². The van der Waals surface area contributed by atoms with Gasteiger partial charge in [0.25, 0.3) is 0 Å². The molecule has 2 aliphatic rings. The Hall–Kier alpha value is -1.40. The van der Waals surface area contributed by atoms with E-state index in [1.165, 1.54) is 12.8 Å². The minimum Gasteiger partial charge on any atom is -0.352 e. The molecule has 0 spiro atoms. The lowest BCUT2D eigenvalue weighted by Crippen LogP contribution is -2.48. The maximum absolute atomic E-state index is 12.4. The highest BCUT2D eigenvalue weighted by Crippen LogP contribution is 2.23. The summed E-state index contributed by atoms with van der Waals surface area (Å²) in [6.07, 6.45) is 10.9. The smallest absolute Gasteiger partial charge is 0.234 e. The maximum atomic E-state index is 12.4. The van der Waals surface area contributed by atoms with E-state index in [2.05, 4.69) is 34.2 Å². The molecule has 1 amide bonds. The number of hydrogen-bond donors (Lipinski definition) is 1. The van der Waals surface area contributed by atoms with E-state index in [-0.39, 0.29) is 5.91 Å². The van der Waals surface area contributed by atoms with Crippen LogP contribution in [-0.2, 0) is 11.3 Å². The van der Waals surface area contributed by atoms with Gasteiger partial charge in [-0.1, -0.05) is 6.92 Å². The number of hydrogen-bond acceptors (Lipinski definition) is 4. The normalized spacial score (nSPS) is 25.5. The molecule has 6 nitrogen and oxygen atoms in total. The fraction of sp³-hybridized carbons (Fsp3) is 0.800. The third-order valence-corrected chi connectivity index (χ3v) is 6.16. The highest BCUT2D eigenvalue weighted by molar-refractivity contribution is 5.78. The van der Waals surface area contributed by atoms with Crippen molar-refractivity contribution in [3.8, 4) is 0 Å². The molecule has 146 valence electrons. The number of carbonyl (C=O) groups excluding carboxylic acids is 1. The second kappa shape index (κ2) is 9.51. The molecule has 0 radical (unpaired) electrons. The van der Waals surface area contributed by atoms with Crippen LogP contribution in [0.25, 0.3) is 0 Å². The van der Waals surface area contributed by atoms with Crippen molar-refractivity contribution in [3.63, 3.8) is 0 Å². The molecule has 1 aliphatic carbocycles. The van der Waals surface area contributed by atoms with Crippen LogP contribution in [0.4, 0.5) is 0 Å². The molecule has 0 bridgehead atoms. The second-order valence-electron chi connectivity index (χ2n) is 8.28. The SMILES string of the molecule is CC1CCC(NC(=O)CN(C)C2CCN(CCn3cccn3)CC2)CC1. The van der Waals surface area contributed by atoms with Crippen LogP contribution in [-0.4, -0.2) is 70.8 Å². The van der Waals surface area contributed by atoms with E-state index in [9.17, 15) is 4.79 Å². The molecule has 1 saturated heterocycles. The lowest BCUT2D eigenvalue weighted by atomic mass is 9.87. The number of rotatable bonds is 7. The second-order valence-corrected chi connectivity index (χ2v) is 8.28. The van der Waals surface area contributed by atoms with Gasteiger partial charge in [0.2, 0.25) is 5.91 Å². The van der Waals surface area contributed by atoms with Gasteiger partial charge < -0.3 is 10.2 Å². The van der Waals surface area contributed by atoms with E-state index >= 15 is 0 Å². The summed E-state index contributed by atoms with van der Waals surface area (Å²) in [7, 11) is 2.10. The van der Waals surface area contributed by atoms with Crippen LogP contribution >= 0.6 is 0 Å². The van der Waals surface area contributed by atoms with Crippen LogP contribution in [0.15, 0.2) is 18.5 Å². The highest BCUT2D eigenvalue weighted by atomic mass is 16.2. The largest absolute Gasteiger partial charge is 0.352 e. The first kappa shape index (κ1) is 19.4. The van der Waals surface area contributed by atoms with Crippen LogP contribution in [0.1, 0.15) is 45.4 Å². The Morgan fingerprint density at radius 2 is 1.88 bits per heavy atom. The zero-order valence-corrected chi connectivity index (χ0v) is 16.4. The maximum Gasteiger partial charge on any atom is 0.234 e. The summed E-state index contributed by atoms with van der Waals surface area (Å²) in [5.41, 5.74) is 0. The lowest BCUT2D eigenvalue weighted by molar-refractivity contribution is -0.123. The molecule has 1 aromatic heterocycles. The molecule has 0 unspecified atom stereocenters. The minimum absolute atomic E-state index is 0.202. The molecule has 1 N–H and O–H groups in total. The molecule has 1 saturated carbocycles. The summed E-state index contributed by atoms with van der Waals surface area (Å²) in [6.45, 7) is 7.07. The average molecular weight is 362 g/mol. The Kier molecular flexibility index (Phi) is 7.08. The number of piperidine rings is 1. The van der Waals surface area contributed by atoms with Crippen LogP contribution in [0, 0.1) is 5.92 Å². The van der Waals surface area contributed by atoms with Crippen molar-refractivity contribution < 1.29 is 4.79 Å². The van der Waals surface area contributed by atoms with Crippen molar-refractivity contribution in [3.05, 3.63) is 18.5 Å². The van der Waals surface area contributed by atoms with Gasteiger partial charge in [-0.3, -0.25) is 14.4 Å². The van der Waals surface area contributed by atoms with Gasteiger partial charge in [0.1, 0.15) is 0 Å². The monoisotopic (exact) mass is 361 g/mol. The predicted molar refractivity (Wildman–Crippen MR) is 104 cm³/mol. The Balaban J connectivity index is 1.32. The number of likely N-dealkylation sites (N-methyl/N-ethyl adjacent to an activating group) is 1. The first-order valence-corrected chi connectivity index (χ1v) is 10.3. The van der Waals surface area contributed by atoms with E-state index in [1.807, 2.05) is 23.1 Å². The van der Waals surface area contributed by atoms with Gasteiger partial charge >= 0.3 is 0 Å². The summed E-state index contributed by atoms with van der Waals surface area (Å²) in [6, 6.07) is 2.89. The van der Waals surface area contributed by atoms with Crippen LogP contribution in [0.2, 0.25) is 0 Å². The number of nitrogens with zero attached hydrogens (tertiary/aromatic N) is 4. The molecule has 1 aromatic rings. The van der Waals surface area contributed by atoms with Crippen molar-refractivity contribution >= 4 is 5.91 Å². The molecule has 26 heavy (non-hydrogen) atoms. The van der Waals surface area contributed by atoms with Crippen molar-refractivity contribution in [2.75, 3.05) is 33.2 Å². The molecule has 2 heterocycles. The topological polar surface area (TPSA) is 53.4 Å². The number of nitrogens with one attached hydrogen (secondary N) is 1. The molecular weight excluding hydrogens is 326 g/mol. The number of aromatic nitrogens is 2. The van der Waals surface area contributed by atoms with Crippen LogP contribution in [0.5, 0.6) is 0 Å². The molecule has 1 aliphatic heterocycles. The van der Waals surface area contributed by atoms with E-state index in [0.29, 0.717) is 18.6 Å². The summed E-state index contributed by atoms with van der Waals surface area (Å²) in [4.78, 5) is 17.1. The summed E-state index contributed by atoms with van der Waals surface area (Å²) in [5.74, 6) is 1.03. The van der Waals surface area contributed by atoms with Gasteiger partial charge in [-0.05, 0) is 70.6 Å². The van der Waals surface area contributed by atoms with Gasteiger partial charge in [0.15, 0.2) is 0 Å². The predicted octanol–water partition coefficient (Wildman–Crippen LogP) is 1.97. The third-order valence-electron chi connectivity index (χ3n) is 6.16. The summed E-state index contributed by atoms with van der Waals surface area (Å²) in [5, 5.41) is 7.52. The zero-order chi connectivity index (χ0) is 18.4. The van der Waals surface area contributed by atoms with Gasteiger partial charge in [-0.25, -0.2) is 0 Å². The molecular formula is C20H35N5O.